The van der Waals surface area contributed by atoms with Gasteiger partial charge in [0, 0.05) is 23.6 Å². The molecule has 3 aromatic rings. The maximum atomic E-state index is 12.3. The average molecular weight is 345 g/mol. The Morgan fingerprint density at radius 2 is 2.12 bits per heavy atom. The van der Waals surface area contributed by atoms with Crippen molar-refractivity contribution in [3.05, 3.63) is 71.4 Å². The molecule has 0 saturated carbocycles. The zero-order chi connectivity index (χ0) is 18.4. The molecule has 0 aliphatic heterocycles. The summed E-state index contributed by atoms with van der Waals surface area (Å²) in [7, 11) is 1.57. The van der Waals surface area contributed by atoms with E-state index >= 15 is 0 Å². The van der Waals surface area contributed by atoms with Crippen LogP contribution in [-0.4, -0.2) is 24.5 Å². The lowest BCUT2D eigenvalue weighted by molar-refractivity contribution is -0.117. The maximum absolute atomic E-state index is 12.3. The lowest BCUT2D eigenvalue weighted by Crippen LogP contribution is -2.26. The summed E-state index contributed by atoms with van der Waals surface area (Å²) in [5, 5.41) is 13.3. The summed E-state index contributed by atoms with van der Waals surface area (Å²) >= 11 is 0. The van der Waals surface area contributed by atoms with Gasteiger partial charge in [-0.2, -0.15) is 5.26 Å². The van der Waals surface area contributed by atoms with Gasteiger partial charge in [-0.1, -0.05) is 30.3 Å². The van der Waals surface area contributed by atoms with Crippen molar-refractivity contribution in [3.8, 4) is 11.8 Å². The molecule has 1 heterocycles. The average Bonchev–Trinajstić information content (AvgIpc) is 3.09. The van der Waals surface area contributed by atoms with E-state index in [1.807, 2.05) is 54.7 Å². The SMILES string of the molecule is COc1cccc(/C=C(/C#N)C(=O)NCCc2c[nH]c3ccccc23)c1. The Labute approximate surface area is 151 Å². The van der Waals surface area contributed by atoms with Crippen LogP contribution < -0.4 is 10.1 Å². The van der Waals surface area contributed by atoms with E-state index in [1.54, 1.807) is 19.3 Å². The summed E-state index contributed by atoms with van der Waals surface area (Å²) in [6.07, 6.45) is 4.20. The number of hydrogen-bond acceptors (Lipinski definition) is 3. The van der Waals surface area contributed by atoms with Gasteiger partial charge in [0.1, 0.15) is 17.4 Å². The number of nitrogens with zero attached hydrogens (tertiary/aromatic N) is 1. The summed E-state index contributed by atoms with van der Waals surface area (Å²) in [5.74, 6) is 0.297. The summed E-state index contributed by atoms with van der Waals surface area (Å²) in [5.41, 5.74) is 3.02. The molecular formula is C21H19N3O2. The quantitative estimate of drug-likeness (QED) is 0.531. The Balaban J connectivity index is 1.64. The lowest BCUT2D eigenvalue weighted by atomic mass is 10.1. The maximum Gasteiger partial charge on any atom is 0.261 e. The molecule has 0 aliphatic carbocycles. The number of amides is 1. The van der Waals surface area contributed by atoms with Gasteiger partial charge >= 0.3 is 0 Å². The first-order valence-corrected chi connectivity index (χ1v) is 8.30. The largest absolute Gasteiger partial charge is 0.497 e. The van der Waals surface area contributed by atoms with E-state index in [4.69, 9.17) is 4.74 Å². The van der Waals surface area contributed by atoms with Crippen LogP contribution >= 0.6 is 0 Å². The molecule has 0 spiro atoms. The van der Waals surface area contributed by atoms with Crippen molar-refractivity contribution in [1.82, 2.24) is 10.3 Å². The van der Waals surface area contributed by atoms with Gasteiger partial charge in [0.2, 0.25) is 0 Å². The molecule has 0 aliphatic rings. The summed E-state index contributed by atoms with van der Waals surface area (Å²) < 4.78 is 5.16. The van der Waals surface area contributed by atoms with E-state index in [2.05, 4.69) is 10.3 Å². The predicted molar refractivity (Wildman–Crippen MR) is 102 cm³/mol. The number of rotatable bonds is 6. The monoisotopic (exact) mass is 345 g/mol. The van der Waals surface area contributed by atoms with Crippen molar-refractivity contribution in [2.24, 2.45) is 0 Å². The molecule has 3 rings (SSSR count). The van der Waals surface area contributed by atoms with Crippen LogP contribution in [0.3, 0.4) is 0 Å². The molecule has 0 unspecified atom stereocenters. The summed E-state index contributed by atoms with van der Waals surface area (Å²) in [6, 6.07) is 17.2. The van der Waals surface area contributed by atoms with Crippen LogP contribution in [0.1, 0.15) is 11.1 Å². The fourth-order valence-corrected chi connectivity index (χ4v) is 2.79. The smallest absolute Gasteiger partial charge is 0.261 e. The molecule has 5 heteroatoms. The number of carbonyl (C=O) groups excluding carboxylic acids is 1. The highest BCUT2D eigenvalue weighted by atomic mass is 16.5. The Morgan fingerprint density at radius 1 is 1.27 bits per heavy atom. The van der Waals surface area contributed by atoms with Gasteiger partial charge in [-0.25, -0.2) is 0 Å². The molecule has 2 aromatic carbocycles. The molecule has 0 saturated heterocycles. The molecule has 1 aromatic heterocycles. The normalized spacial score (nSPS) is 11.2. The number of methoxy groups -OCH3 is 1. The van der Waals surface area contributed by atoms with Crippen molar-refractivity contribution >= 4 is 22.9 Å². The van der Waals surface area contributed by atoms with Crippen LogP contribution in [0.25, 0.3) is 17.0 Å². The predicted octanol–water partition coefficient (Wildman–Crippen LogP) is 3.44. The lowest BCUT2D eigenvalue weighted by Gasteiger charge is -2.05. The third kappa shape index (κ3) is 3.93. The molecule has 5 nitrogen and oxygen atoms in total. The van der Waals surface area contributed by atoms with E-state index in [0.29, 0.717) is 18.7 Å². The van der Waals surface area contributed by atoms with Gasteiger partial charge < -0.3 is 15.0 Å². The minimum atomic E-state index is -0.379. The van der Waals surface area contributed by atoms with Gasteiger partial charge in [-0.15, -0.1) is 0 Å². The number of hydrogen-bond donors (Lipinski definition) is 2. The Kier molecular flexibility index (Phi) is 5.35. The van der Waals surface area contributed by atoms with Crippen LogP contribution in [0.4, 0.5) is 0 Å². The van der Waals surface area contributed by atoms with Crippen LogP contribution in [-0.2, 0) is 11.2 Å². The van der Waals surface area contributed by atoms with Gasteiger partial charge in [0.15, 0.2) is 0 Å². The number of nitrogens with one attached hydrogen (secondary N) is 2. The number of aromatic nitrogens is 1. The van der Waals surface area contributed by atoms with E-state index in [-0.39, 0.29) is 11.5 Å². The van der Waals surface area contributed by atoms with Crippen LogP contribution in [0.5, 0.6) is 5.75 Å². The summed E-state index contributed by atoms with van der Waals surface area (Å²) in [4.78, 5) is 15.5. The Bertz CT molecular complexity index is 996. The second kappa shape index (κ2) is 8.04. The highest BCUT2D eigenvalue weighted by Gasteiger charge is 2.09. The van der Waals surface area contributed by atoms with Crippen molar-refractivity contribution in [1.29, 1.82) is 5.26 Å². The first-order chi connectivity index (χ1) is 12.7. The minimum absolute atomic E-state index is 0.0668. The second-order valence-electron chi connectivity index (χ2n) is 5.81. The number of fused-ring (bicyclic) bond motifs is 1. The van der Waals surface area contributed by atoms with Crippen molar-refractivity contribution in [2.75, 3.05) is 13.7 Å². The van der Waals surface area contributed by atoms with Crippen LogP contribution in [0.2, 0.25) is 0 Å². The van der Waals surface area contributed by atoms with Crippen molar-refractivity contribution in [2.45, 2.75) is 6.42 Å². The first-order valence-electron chi connectivity index (χ1n) is 8.30. The highest BCUT2D eigenvalue weighted by Crippen LogP contribution is 2.18. The van der Waals surface area contributed by atoms with Gasteiger partial charge in [-0.05, 0) is 41.8 Å². The van der Waals surface area contributed by atoms with Crippen molar-refractivity contribution < 1.29 is 9.53 Å². The van der Waals surface area contributed by atoms with Crippen molar-refractivity contribution in [3.63, 3.8) is 0 Å². The number of nitriles is 1. The van der Waals surface area contributed by atoms with E-state index in [0.717, 1.165) is 22.0 Å². The Hall–Kier alpha value is -3.52. The Morgan fingerprint density at radius 3 is 2.92 bits per heavy atom. The van der Waals surface area contributed by atoms with E-state index in [9.17, 15) is 10.1 Å². The third-order valence-electron chi connectivity index (χ3n) is 4.12. The topological polar surface area (TPSA) is 77.9 Å². The number of ether oxygens (including phenoxy) is 1. The first kappa shape index (κ1) is 17.3. The molecular weight excluding hydrogens is 326 g/mol. The van der Waals surface area contributed by atoms with E-state index in [1.165, 1.54) is 0 Å². The minimum Gasteiger partial charge on any atom is -0.497 e. The van der Waals surface area contributed by atoms with Gasteiger partial charge in [0.25, 0.3) is 5.91 Å². The third-order valence-corrected chi connectivity index (χ3v) is 4.12. The second-order valence-corrected chi connectivity index (χ2v) is 5.81. The standard InChI is InChI=1S/C21H19N3O2/c1-26-18-6-4-5-15(12-18)11-17(13-22)21(25)23-10-9-16-14-24-20-8-3-2-7-19(16)20/h2-8,11-12,14,24H,9-10H2,1H3,(H,23,25)/b17-11-. The molecule has 0 bridgehead atoms. The number of H-pyrrole nitrogens is 1. The molecule has 0 atom stereocenters. The number of carbonyl (C=O) groups is 1. The summed E-state index contributed by atoms with van der Waals surface area (Å²) in [6.45, 7) is 0.456. The molecule has 0 fully saturated rings. The number of benzene rings is 2. The van der Waals surface area contributed by atoms with Crippen LogP contribution in [0, 0.1) is 11.3 Å². The zero-order valence-electron chi connectivity index (χ0n) is 14.5. The molecule has 130 valence electrons. The molecule has 26 heavy (non-hydrogen) atoms. The highest BCUT2D eigenvalue weighted by molar-refractivity contribution is 6.01. The molecule has 2 N–H and O–H groups in total. The number of para-hydroxylation sites is 1. The fourth-order valence-electron chi connectivity index (χ4n) is 2.79. The number of aromatic amines is 1. The fraction of sp³-hybridized carbons (Fsp3) is 0.143. The van der Waals surface area contributed by atoms with Crippen LogP contribution in [0.15, 0.2) is 60.3 Å². The van der Waals surface area contributed by atoms with Gasteiger partial charge in [0.05, 0.1) is 7.11 Å². The van der Waals surface area contributed by atoms with E-state index < -0.39 is 0 Å². The zero-order valence-corrected chi connectivity index (χ0v) is 14.5. The van der Waals surface area contributed by atoms with Gasteiger partial charge in [-0.3, -0.25) is 4.79 Å². The molecule has 0 radical (unpaired) electrons. The molecule has 1 amide bonds.